The summed E-state index contributed by atoms with van der Waals surface area (Å²) < 4.78 is 13.9. The minimum absolute atomic E-state index is 0.0645. The third kappa shape index (κ3) is 2.96. The smallest absolute Gasteiger partial charge is 0.168 e. The second-order valence-corrected chi connectivity index (χ2v) is 5.31. The molecular formula is C15H12FIO. The number of Topliss-reactive ketones (excluding diaryl/α,β-unsaturated/α-hetero) is 1. The minimum Gasteiger partial charge on any atom is -0.294 e. The van der Waals surface area contributed by atoms with Crippen molar-refractivity contribution in [3.8, 4) is 0 Å². The van der Waals surface area contributed by atoms with Crippen molar-refractivity contribution in [1.82, 2.24) is 0 Å². The Morgan fingerprint density at radius 1 is 1.22 bits per heavy atom. The van der Waals surface area contributed by atoms with Gasteiger partial charge < -0.3 is 0 Å². The van der Waals surface area contributed by atoms with Crippen molar-refractivity contribution in [3.05, 3.63) is 68.5 Å². The summed E-state index contributed by atoms with van der Waals surface area (Å²) in [6.45, 7) is 1.82. The van der Waals surface area contributed by atoms with Crippen LogP contribution in [-0.2, 0) is 6.42 Å². The van der Waals surface area contributed by atoms with E-state index in [9.17, 15) is 9.18 Å². The zero-order valence-corrected chi connectivity index (χ0v) is 12.1. The maximum atomic E-state index is 13.0. The van der Waals surface area contributed by atoms with Gasteiger partial charge in [0.15, 0.2) is 5.78 Å². The number of halogens is 2. The molecule has 2 rings (SSSR count). The highest BCUT2D eigenvalue weighted by atomic mass is 127. The van der Waals surface area contributed by atoms with E-state index >= 15 is 0 Å². The first kappa shape index (κ1) is 13.2. The molecule has 0 aliphatic rings. The number of carbonyl (C=O) groups is 1. The number of hydrogen-bond acceptors (Lipinski definition) is 1. The Kier molecular flexibility index (Phi) is 4.11. The number of hydrogen-bond donors (Lipinski definition) is 0. The molecule has 0 atom stereocenters. The first-order chi connectivity index (χ1) is 8.58. The standard InChI is InChI=1S/C15H12FIO/c1-10-8-12(16)7-6-11(10)9-15(18)13-4-2-3-5-14(13)17/h2-8H,9H2,1H3. The van der Waals surface area contributed by atoms with E-state index in [2.05, 4.69) is 22.6 Å². The number of aryl methyl sites for hydroxylation is 1. The van der Waals surface area contributed by atoms with Gasteiger partial charge in [-0.3, -0.25) is 4.79 Å². The van der Waals surface area contributed by atoms with Gasteiger partial charge in [-0.2, -0.15) is 0 Å². The Morgan fingerprint density at radius 3 is 2.61 bits per heavy atom. The lowest BCUT2D eigenvalue weighted by Crippen LogP contribution is -2.06. The highest BCUT2D eigenvalue weighted by Gasteiger charge is 2.11. The number of benzene rings is 2. The molecule has 18 heavy (non-hydrogen) atoms. The Labute approximate surface area is 119 Å². The predicted octanol–water partition coefficient (Wildman–Crippen LogP) is 4.16. The fraction of sp³-hybridized carbons (Fsp3) is 0.133. The molecule has 0 unspecified atom stereocenters. The lowest BCUT2D eigenvalue weighted by atomic mass is 9.99. The summed E-state index contributed by atoms with van der Waals surface area (Å²) in [6, 6.07) is 12.0. The third-order valence-corrected chi connectivity index (χ3v) is 3.77. The van der Waals surface area contributed by atoms with Gasteiger partial charge in [0.2, 0.25) is 0 Å². The summed E-state index contributed by atoms with van der Waals surface area (Å²) in [5.74, 6) is -0.201. The Bertz CT molecular complexity index is 593. The van der Waals surface area contributed by atoms with E-state index < -0.39 is 0 Å². The molecular weight excluding hydrogens is 342 g/mol. The average Bonchev–Trinajstić information content (AvgIpc) is 2.33. The topological polar surface area (TPSA) is 17.1 Å². The normalized spacial score (nSPS) is 10.4. The minimum atomic E-state index is -0.266. The SMILES string of the molecule is Cc1cc(F)ccc1CC(=O)c1ccccc1I. The van der Waals surface area contributed by atoms with Gasteiger partial charge in [0.1, 0.15) is 5.82 Å². The average molecular weight is 354 g/mol. The molecule has 0 heterocycles. The Balaban J connectivity index is 2.24. The first-order valence-corrected chi connectivity index (χ1v) is 6.68. The van der Waals surface area contributed by atoms with Gasteiger partial charge in [0.25, 0.3) is 0 Å². The van der Waals surface area contributed by atoms with Crippen LogP contribution >= 0.6 is 22.6 Å². The highest BCUT2D eigenvalue weighted by molar-refractivity contribution is 14.1. The van der Waals surface area contributed by atoms with E-state index in [4.69, 9.17) is 0 Å². The van der Waals surface area contributed by atoms with E-state index in [1.165, 1.54) is 12.1 Å². The molecule has 0 saturated heterocycles. The van der Waals surface area contributed by atoms with Crippen LogP contribution in [0.5, 0.6) is 0 Å². The van der Waals surface area contributed by atoms with E-state index in [1.807, 2.05) is 31.2 Å². The summed E-state index contributed by atoms with van der Waals surface area (Å²) in [7, 11) is 0. The largest absolute Gasteiger partial charge is 0.294 e. The number of rotatable bonds is 3. The first-order valence-electron chi connectivity index (χ1n) is 5.60. The number of ketones is 1. The molecule has 0 bridgehead atoms. The van der Waals surface area contributed by atoms with Gasteiger partial charge in [0, 0.05) is 15.6 Å². The fourth-order valence-electron chi connectivity index (χ4n) is 1.81. The van der Waals surface area contributed by atoms with Crippen molar-refractivity contribution in [2.45, 2.75) is 13.3 Å². The molecule has 1 nitrogen and oxygen atoms in total. The highest BCUT2D eigenvalue weighted by Crippen LogP contribution is 2.17. The van der Waals surface area contributed by atoms with Gasteiger partial charge in [-0.15, -0.1) is 0 Å². The predicted molar refractivity (Wildman–Crippen MR) is 78.3 cm³/mol. The van der Waals surface area contributed by atoms with Crippen LogP contribution in [-0.4, -0.2) is 5.78 Å². The lowest BCUT2D eigenvalue weighted by molar-refractivity contribution is 0.0992. The zero-order chi connectivity index (χ0) is 13.1. The van der Waals surface area contributed by atoms with Gasteiger partial charge >= 0.3 is 0 Å². The molecule has 0 saturated carbocycles. The maximum Gasteiger partial charge on any atom is 0.168 e. The summed E-state index contributed by atoms with van der Waals surface area (Å²) in [6.07, 6.45) is 0.312. The summed E-state index contributed by atoms with van der Waals surface area (Å²) in [5.41, 5.74) is 2.41. The van der Waals surface area contributed by atoms with Crippen molar-refractivity contribution in [1.29, 1.82) is 0 Å². The molecule has 0 N–H and O–H groups in total. The monoisotopic (exact) mass is 354 g/mol. The van der Waals surface area contributed by atoms with Crippen LogP contribution in [0.4, 0.5) is 4.39 Å². The van der Waals surface area contributed by atoms with Crippen molar-refractivity contribution < 1.29 is 9.18 Å². The van der Waals surface area contributed by atoms with Gasteiger partial charge in [-0.05, 0) is 58.8 Å². The second-order valence-electron chi connectivity index (χ2n) is 4.15. The van der Waals surface area contributed by atoms with Crippen molar-refractivity contribution in [2.24, 2.45) is 0 Å². The molecule has 0 aliphatic heterocycles. The molecule has 0 fully saturated rings. The van der Waals surface area contributed by atoms with Crippen LogP contribution in [0, 0.1) is 16.3 Å². The molecule has 3 heteroatoms. The molecule has 0 aliphatic carbocycles. The maximum absolute atomic E-state index is 13.0. The molecule has 0 aromatic heterocycles. The molecule has 0 amide bonds. The van der Waals surface area contributed by atoms with E-state index in [-0.39, 0.29) is 11.6 Å². The molecule has 2 aromatic rings. The number of carbonyl (C=O) groups excluding carboxylic acids is 1. The van der Waals surface area contributed by atoms with Crippen molar-refractivity contribution >= 4 is 28.4 Å². The Hall–Kier alpha value is -1.23. The van der Waals surface area contributed by atoms with Gasteiger partial charge in [-0.25, -0.2) is 4.39 Å². The van der Waals surface area contributed by atoms with Gasteiger partial charge in [0.05, 0.1) is 0 Å². The molecule has 0 spiro atoms. The summed E-state index contributed by atoms with van der Waals surface area (Å²) >= 11 is 2.15. The lowest BCUT2D eigenvalue weighted by Gasteiger charge is -2.06. The van der Waals surface area contributed by atoms with E-state index in [1.54, 1.807) is 6.07 Å². The van der Waals surface area contributed by atoms with Crippen LogP contribution in [0.25, 0.3) is 0 Å². The van der Waals surface area contributed by atoms with Crippen LogP contribution in [0.1, 0.15) is 21.5 Å². The zero-order valence-electron chi connectivity index (χ0n) is 9.91. The van der Waals surface area contributed by atoms with E-state index in [0.717, 1.165) is 20.3 Å². The molecule has 2 aromatic carbocycles. The quantitative estimate of drug-likeness (QED) is 0.598. The summed E-state index contributed by atoms with van der Waals surface area (Å²) in [5, 5.41) is 0. The van der Waals surface area contributed by atoms with Crippen LogP contribution < -0.4 is 0 Å². The van der Waals surface area contributed by atoms with Crippen molar-refractivity contribution in [2.75, 3.05) is 0 Å². The van der Waals surface area contributed by atoms with Gasteiger partial charge in [-0.1, -0.05) is 24.3 Å². The van der Waals surface area contributed by atoms with E-state index in [0.29, 0.717) is 6.42 Å². The van der Waals surface area contributed by atoms with Crippen LogP contribution in [0.3, 0.4) is 0 Å². The third-order valence-electron chi connectivity index (χ3n) is 2.83. The fourth-order valence-corrected chi connectivity index (χ4v) is 2.50. The molecule has 0 radical (unpaired) electrons. The second kappa shape index (κ2) is 5.61. The van der Waals surface area contributed by atoms with Crippen molar-refractivity contribution in [3.63, 3.8) is 0 Å². The molecule has 92 valence electrons. The van der Waals surface area contributed by atoms with Crippen LogP contribution in [0.15, 0.2) is 42.5 Å². The summed E-state index contributed by atoms with van der Waals surface area (Å²) in [4.78, 5) is 12.2. The van der Waals surface area contributed by atoms with Crippen LogP contribution in [0.2, 0.25) is 0 Å². The Morgan fingerprint density at radius 2 is 1.94 bits per heavy atom.